The molecule has 0 aliphatic heterocycles. The summed E-state index contributed by atoms with van der Waals surface area (Å²) in [6, 6.07) is 4.19. The number of hydrogen-bond donors (Lipinski definition) is 1. The van der Waals surface area contributed by atoms with Gasteiger partial charge in [0.1, 0.15) is 0 Å². The quantitative estimate of drug-likeness (QED) is 0.905. The number of likely N-dealkylation sites (N-methyl/N-ethyl adjacent to an activating group) is 1. The Bertz CT molecular complexity index is 378. The molecule has 0 saturated carbocycles. The molecule has 5 heteroatoms. The first kappa shape index (κ1) is 14.7. The summed E-state index contributed by atoms with van der Waals surface area (Å²) < 4.78 is 1.13. The number of thiophene rings is 1. The van der Waals surface area contributed by atoms with Gasteiger partial charge in [-0.3, -0.25) is 9.69 Å². The van der Waals surface area contributed by atoms with Crippen LogP contribution >= 0.6 is 27.3 Å². The normalized spacial score (nSPS) is 13.1. The zero-order valence-corrected chi connectivity index (χ0v) is 13.1. The van der Waals surface area contributed by atoms with Gasteiger partial charge in [0.2, 0.25) is 5.91 Å². The molecular weight excluding hydrogens is 300 g/mol. The van der Waals surface area contributed by atoms with Crippen molar-refractivity contribution < 1.29 is 4.79 Å². The van der Waals surface area contributed by atoms with Crippen molar-refractivity contribution in [1.82, 2.24) is 10.2 Å². The summed E-state index contributed by atoms with van der Waals surface area (Å²) in [5.74, 6) is 0.0816. The minimum Gasteiger partial charge on any atom is -0.353 e. The zero-order valence-electron chi connectivity index (χ0n) is 10.7. The van der Waals surface area contributed by atoms with Crippen LogP contribution in [0, 0.1) is 0 Å². The molecule has 0 saturated heterocycles. The maximum absolute atomic E-state index is 11.8. The fourth-order valence-corrected chi connectivity index (χ4v) is 2.97. The van der Waals surface area contributed by atoms with Gasteiger partial charge >= 0.3 is 0 Å². The molecule has 17 heavy (non-hydrogen) atoms. The summed E-state index contributed by atoms with van der Waals surface area (Å²) in [7, 11) is 1.97. The van der Waals surface area contributed by atoms with Crippen LogP contribution in [-0.2, 0) is 11.3 Å². The van der Waals surface area contributed by atoms with E-state index >= 15 is 0 Å². The number of carbonyl (C=O) groups excluding carboxylic acids is 1. The van der Waals surface area contributed by atoms with Crippen molar-refractivity contribution in [2.45, 2.75) is 39.4 Å². The van der Waals surface area contributed by atoms with Crippen molar-refractivity contribution in [1.29, 1.82) is 0 Å². The van der Waals surface area contributed by atoms with E-state index in [0.717, 1.165) is 10.3 Å². The van der Waals surface area contributed by atoms with Gasteiger partial charge in [-0.1, -0.05) is 0 Å². The van der Waals surface area contributed by atoms with E-state index in [9.17, 15) is 4.79 Å². The monoisotopic (exact) mass is 318 g/mol. The molecule has 1 heterocycles. The molecule has 0 aliphatic carbocycles. The van der Waals surface area contributed by atoms with Crippen LogP contribution in [0.1, 0.15) is 25.6 Å². The summed E-state index contributed by atoms with van der Waals surface area (Å²) in [6.07, 6.45) is 0. The van der Waals surface area contributed by atoms with Crippen molar-refractivity contribution in [3.63, 3.8) is 0 Å². The Kier molecular flexibility index (Phi) is 5.62. The predicted molar refractivity (Wildman–Crippen MR) is 76.2 cm³/mol. The van der Waals surface area contributed by atoms with Crippen molar-refractivity contribution in [2.24, 2.45) is 0 Å². The largest absolute Gasteiger partial charge is 0.353 e. The minimum atomic E-state index is -0.113. The Hall–Kier alpha value is -0.390. The number of amides is 1. The molecule has 0 unspecified atom stereocenters. The lowest BCUT2D eigenvalue weighted by Crippen LogP contribution is -2.45. The van der Waals surface area contributed by atoms with Gasteiger partial charge in [0.15, 0.2) is 0 Å². The van der Waals surface area contributed by atoms with Crippen LogP contribution in [0.15, 0.2) is 15.9 Å². The van der Waals surface area contributed by atoms with Gasteiger partial charge in [-0.25, -0.2) is 0 Å². The molecule has 1 N–H and O–H groups in total. The second kappa shape index (κ2) is 6.52. The fraction of sp³-hybridized carbons (Fsp3) is 0.583. The third-order valence-electron chi connectivity index (χ3n) is 2.51. The second-order valence-corrected chi connectivity index (χ2v) is 7.01. The van der Waals surface area contributed by atoms with E-state index in [4.69, 9.17) is 0 Å². The highest BCUT2D eigenvalue weighted by molar-refractivity contribution is 9.11. The highest BCUT2D eigenvalue weighted by atomic mass is 79.9. The highest BCUT2D eigenvalue weighted by Crippen LogP contribution is 2.23. The summed E-state index contributed by atoms with van der Waals surface area (Å²) in [4.78, 5) is 15.1. The molecule has 1 aromatic heterocycles. The van der Waals surface area contributed by atoms with E-state index < -0.39 is 0 Å². The highest BCUT2D eigenvalue weighted by Gasteiger charge is 2.18. The molecule has 1 atom stereocenters. The first-order valence-electron chi connectivity index (χ1n) is 5.65. The van der Waals surface area contributed by atoms with Gasteiger partial charge in [0, 0.05) is 17.5 Å². The van der Waals surface area contributed by atoms with E-state index in [1.807, 2.05) is 33.9 Å². The Labute approximate surface area is 115 Å². The Morgan fingerprint density at radius 3 is 2.59 bits per heavy atom. The first-order valence-corrected chi connectivity index (χ1v) is 7.26. The average molecular weight is 319 g/mol. The van der Waals surface area contributed by atoms with Crippen LogP contribution in [0.2, 0.25) is 0 Å². The Balaban J connectivity index is 2.52. The number of hydrogen-bond acceptors (Lipinski definition) is 3. The van der Waals surface area contributed by atoms with Crippen LogP contribution in [-0.4, -0.2) is 29.9 Å². The maximum Gasteiger partial charge on any atom is 0.237 e. The van der Waals surface area contributed by atoms with Crippen LogP contribution in [0.5, 0.6) is 0 Å². The van der Waals surface area contributed by atoms with Crippen molar-refractivity contribution in [3.8, 4) is 0 Å². The van der Waals surface area contributed by atoms with Gasteiger partial charge < -0.3 is 5.32 Å². The van der Waals surface area contributed by atoms with Gasteiger partial charge in [-0.15, -0.1) is 11.3 Å². The van der Waals surface area contributed by atoms with Gasteiger partial charge in [0.05, 0.1) is 9.83 Å². The lowest BCUT2D eigenvalue weighted by molar-refractivity contribution is -0.126. The summed E-state index contributed by atoms with van der Waals surface area (Å²) in [5, 5.41) is 2.93. The van der Waals surface area contributed by atoms with E-state index in [2.05, 4.69) is 32.2 Å². The molecule has 3 nitrogen and oxygen atoms in total. The van der Waals surface area contributed by atoms with Crippen LogP contribution in [0.4, 0.5) is 0 Å². The van der Waals surface area contributed by atoms with Gasteiger partial charge in [-0.05, 0) is 55.9 Å². The molecule has 96 valence electrons. The van der Waals surface area contributed by atoms with Crippen LogP contribution in [0.3, 0.4) is 0 Å². The van der Waals surface area contributed by atoms with Crippen LogP contribution < -0.4 is 5.32 Å². The van der Waals surface area contributed by atoms with E-state index in [-0.39, 0.29) is 18.0 Å². The Morgan fingerprint density at radius 2 is 2.12 bits per heavy atom. The number of nitrogens with one attached hydrogen (secondary N) is 1. The van der Waals surface area contributed by atoms with Crippen LogP contribution in [0.25, 0.3) is 0 Å². The molecule has 1 rings (SSSR count). The van der Waals surface area contributed by atoms with E-state index in [0.29, 0.717) is 0 Å². The van der Waals surface area contributed by atoms with Crippen molar-refractivity contribution >= 4 is 33.2 Å². The number of halogens is 1. The first-order chi connectivity index (χ1) is 7.90. The molecule has 0 aliphatic rings. The molecule has 0 bridgehead atoms. The molecular formula is C12H19BrN2OS. The standard InChI is InChI=1S/C12H19BrN2OS/c1-8(2)14-12(16)9(3)15(4)7-10-5-6-11(13)17-10/h5-6,8-9H,7H2,1-4H3,(H,14,16)/t9-/m0/s1. The van der Waals surface area contributed by atoms with E-state index in [1.165, 1.54) is 4.88 Å². The summed E-state index contributed by atoms with van der Waals surface area (Å²) in [6.45, 7) is 6.67. The summed E-state index contributed by atoms with van der Waals surface area (Å²) >= 11 is 5.14. The summed E-state index contributed by atoms with van der Waals surface area (Å²) in [5.41, 5.74) is 0. The second-order valence-electron chi connectivity index (χ2n) is 4.46. The molecule has 0 radical (unpaired) electrons. The number of rotatable bonds is 5. The SMILES string of the molecule is CC(C)NC(=O)[C@H](C)N(C)Cc1ccc(Br)s1. The minimum absolute atomic E-state index is 0.0816. The fourth-order valence-electron chi connectivity index (χ4n) is 1.42. The molecule has 1 amide bonds. The lowest BCUT2D eigenvalue weighted by Gasteiger charge is -2.24. The molecule has 0 spiro atoms. The third-order valence-corrected chi connectivity index (χ3v) is 4.11. The van der Waals surface area contributed by atoms with E-state index in [1.54, 1.807) is 11.3 Å². The molecule has 0 aromatic carbocycles. The molecule has 1 aromatic rings. The zero-order chi connectivity index (χ0) is 13.0. The average Bonchev–Trinajstić information content (AvgIpc) is 2.61. The third kappa shape index (κ3) is 4.77. The maximum atomic E-state index is 11.8. The smallest absolute Gasteiger partial charge is 0.237 e. The topological polar surface area (TPSA) is 32.3 Å². The number of carbonyl (C=O) groups is 1. The Morgan fingerprint density at radius 1 is 1.47 bits per heavy atom. The predicted octanol–water partition coefficient (Wildman–Crippen LogP) is 2.86. The molecule has 0 fully saturated rings. The van der Waals surface area contributed by atoms with Crippen molar-refractivity contribution in [3.05, 3.63) is 20.8 Å². The van der Waals surface area contributed by atoms with Crippen molar-refractivity contribution in [2.75, 3.05) is 7.05 Å². The van der Waals surface area contributed by atoms with Gasteiger partial charge in [-0.2, -0.15) is 0 Å². The lowest BCUT2D eigenvalue weighted by atomic mass is 10.2. The number of nitrogens with zero attached hydrogens (tertiary/aromatic N) is 1. The van der Waals surface area contributed by atoms with Gasteiger partial charge in [0.25, 0.3) is 0 Å².